The summed E-state index contributed by atoms with van der Waals surface area (Å²) >= 11 is 6.41. The number of rotatable bonds is 9. The number of likely N-dealkylation sites (tertiary alicyclic amines) is 1. The predicted molar refractivity (Wildman–Crippen MR) is 130 cm³/mol. The Hall–Kier alpha value is -2.44. The average Bonchev–Trinajstić information content (AvgIpc) is 3.22. The highest BCUT2D eigenvalue weighted by Crippen LogP contribution is 2.25. The van der Waals surface area contributed by atoms with E-state index in [0.717, 1.165) is 30.1 Å². The summed E-state index contributed by atoms with van der Waals surface area (Å²) in [6.45, 7) is 3.22. The molecule has 1 heterocycles. The van der Waals surface area contributed by atoms with E-state index in [9.17, 15) is 4.79 Å². The number of halogens is 1. The van der Waals surface area contributed by atoms with E-state index < -0.39 is 0 Å². The van der Waals surface area contributed by atoms with Gasteiger partial charge in [0.2, 0.25) is 5.91 Å². The number of methoxy groups -OCH3 is 1. The van der Waals surface area contributed by atoms with Crippen molar-refractivity contribution in [3.63, 3.8) is 0 Å². The number of benzene rings is 3. The maximum absolute atomic E-state index is 12.9. The van der Waals surface area contributed by atoms with E-state index in [2.05, 4.69) is 58.0 Å². The third kappa shape index (κ3) is 5.48. The largest absolute Gasteiger partial charge is 0.383 e. The molecule has 3 aromatic carbocycles. The Balaban J connectivity index is 1.45. The summed E-state index contributed by atoms with van der Waals surface area (Å²) in [7, 11) is 1.64. The van der Waals surface area contributed by atoms with Crippen LogP contribution in [0.3, 0.4) is 0 Å². The summed E-state index contributed by atoms with van der Waals surface area (Å²) in [6.07, 6.45) is 0.758. The molecular formula is C26H30ClN3O2. The first-order chi connectivity index (χ1) is 15.7. The Labute approximate surface area is 194 Å². The third-order valence-electron chi connectivity index (χ3n) is 6.10. The van der Waals surface area contributed by atoms with Gasteiger partial charge in [-0.3, -0.25) is 9.69 Å². The summed E-state index contributed by atoms with van der Waals surface area (Å²) in [5.41, 5.74) is 2.31. The number of nitrogens with zero attached hydrogens (tertiary/aromatic N) is 1. The lowest BCUT2D eigenvalue weighted by atomic mass is 10.0. The van der Waals surface area contributed by atoms with Gasteiger partial charge in [0.05, 0.1) is 12.6 Å². The standard InChI is InChI=1S/C26H30ClN3O2/c1-32-14-13-28-26(31)25-15-22(18-30(25)17-21-8-3-5-12-24(21)27)29-16-20-10-6-9-19-7-2-4-11-23(19)20/h2-12,22,25,29H,13-18H2,1H3,(H,28,31)/t22-,25+/m1/s1. The Kier molecular flexibility index (Phi) is 7.76. The minimum atomic E-state index is -0.201. The van der Waals surface area contributed by atoms with Crippen LogP contribution in [0.2, 0.25) is 5.02 Å². The molecule has 1 saturated heterocycles. The Morgan fingerprint density at radius 2 is 1.81 bits per heavy atom. The smallest absolute Gasteiger partial charge is 0.237 e. The SMILES string of the molecule is COCCNC(=O)[C@@H]1C[C@@H](NCc2cccc3ccccc23)CN1Cc1ccccc1Cl. The Morgan fingerprint density at radius 3 is 2.66 bits per heavy atom. The quantitative estimate of drug-likeness (QED) is 0.483. The Morgan fingerprint density at radius 1 is 1.06 bits per heavy atom. The molecule has 3 aromatic rings. The maximum atomic E-state index is 12.9. The van der Waals surface area contributed by atoms with E-state index in [1.807, 2.05) is 24.3 Å². The fraction of sp³-hybridized carbons (Fsp3) is 0.346. The second-order valence-corrected chi connectivity index (χ2v) is 8.68. The van der Waals surface area contributed by atoms with Crippen molar-refractivity contribution in [2.45, 2.75) is 31.6 Å². The van der Waals surface area contributed by atoms with Crippen LogP contribution < -0.4 is 10.6 Å². The van der Waals surface area contributed by atoms with E-state index >= 15 is 0 Å². The molecule has 32 heavy (non-hydrogen) atoms. The fourth-order valence-corrected chi connectivity index (χ4v) is 4.63. The van der Waals surface area contributed by atoms with Gasteiger partial charge in [0.25, 0.3) is 0 Å². The van der Waals surface area contributed by atoms with E-state index in [0.29, 0.717) is 19.7 Å². The molecule has 1 fully saturated rings. The summed E-state index contributed by atoms with van der Waals surface area (Å²) < 4.78 is 5.08. The highest BCUT2D eigenvalue weighted by atomic mass is 35.5. The summed E-state index contributed by atoms with van der Waals surface area (Å²) in [5.74, 6) is 0.0450. The number of ether oxygens (including phenoxy) is 1. The van der Waals surface area contributed by atoms with Crippen LogP contribution in [-0.4, -0.2) is 49.7 Å². The second-order valence-electron chi connectivity index (χ2n) is 8.27. The minimum Gasteiger partial charge on any atom is -0.383 e. The Bertz CT molecular complexity index is 1050. The molecule has 0 aliphatic carbocycles. The zero-order chi connectivity index (χ0) is 22.3. The molecule has 0 spiro atoms. The number of amides is 1. The number of carbonyl (C=O) groups is 1. The number of fused-ring (bicyclic) bond motifs is 1. The van der Waals surface area contributed by atoms with Gasteiger partial charge in [-0.05, 0) is 34.4 Å². The van der Waals surface area contributed by atoms with Crippen molar-refractivity contribution in [3.05, 3.63) is 82.9 Å². The van der Waals surface area contributed by atoms with Crippen molar-refractivity contribution in [1.29, 1.82) is 0 Å². The lowest BCUT2D eigenvalue weighted by molar-refractivity contribution is -0.125. The number of hydrogen-bond donors (Lipinski definition) is 2. The normalized spacial score (nSPS) is 18.8. The van der Waals surface area contributed by atoms with Gasteiger partial charge in [0, 0.05) is 44.4 Å². The van der Waals surface area contributed by atoms with Crippen molar-refractivity contribution < 1.29 is 9.53 Å². The van der Waals surface area contributed by atoms with Gasteiger partial charge in [0.1, 0.15) is 0 Å². The zero-order valence-electron chi connectivity index (χ0n) is 18.4. The number of hydrogen-bond acceptors (Lipinski definition) is 4. The molecule has 0 radical (unpaired) electrons. The lowest BCUT2D eigenvalue weighted by Crippen LogP contribution is -2.43. The molecule has 1 amide bonds. The summed E-state index contributed by atoms with van der Waals surface area (Å²) in [5, 5.41) is 9.95. The highest BCUT2D eigenvalue weighted by Gasteiger charge is 2.36. The van der Waals surface area contributed by atoms with Crippen LogP contribution in [0.4, 0.5) is 0 Å². The van der Waals surface area contributed by atoms with Crippen molar-refractivity contribution in [2.24, 2.45) is 0 Å². The van der Waals surface area contributed by atoms with Gasteiger partial charge in [-0.15, -0.1) is 0 Å². The molecular weight excluding hydrogens is 422 g/mol. The van der Waals surface area contributed by atoms with Crippen LogP contribution in [0.15, 0.2) is 66.7 Å². The lowest BCUT2D eigenvalue weighted by Gasteiger charge is -2.24. The first-order valence-electron chi connectivity index (χ1n) is 11.1. The molecule has 6 heteroatoms. The molecule has 1 aliphatic rings. The molecule has 2 N–H and O–H groups in total. The van der Waals surface area contributed by atoms with Crippen LogP contribution in [-0.2, 0) is 22.6 Å². The van der Waals surface area contributed by atoms with Gasteiger partial charge in [-0.1, -0.05) is 72.3 Å². The van der Waals surface area contributed by atoms with Crippen molar-refractivity contribution >= 4 is 28.3 Å². The van der Waals surface area contributed by atoms with Crippen LogP contribution in [0.5, 0.6) is 0 Å². The molecule has 0 saturated carbocycles. The van der Waals surface area contributed by atoms with Crippen LogP contribution in [0.1, 0.15) is 17.5 Å². The van der Waals surface area contributed by atoms with Crippen LogP contribution in [0.25, 0.3) is 10.8 Å². The molecule has 1 aliphatic heterocycles. The van der Waals surface area contributed by atoms with E-state index in [1.165, 1.54) is 16.3 Å². The number of nitrogens with one attached hydrogen (secondary N) is 2. The molecule has 4 rings (SSSR count). The number of carbonyl (C=O) groups excluding carboxylic acids is 1. The first kappa shape index (κ1) is 22.7. The fourth-order valence-electron chi connectivity index (χ4n) is 4.44. The molecule has 0 bridgehead atoms. The highest BCUT2D eigenvalue weighted by molar-refractivity contribution is 6.31. The molecule has 0 unspecified atom stereocenters. The summed E-state index contributed by atoms with van der Waals surface area (Å²) in [6, 6.07) is 22.7. The summed E-state index contributed by atoms with van der Waals surface area (Å²) in [4.78, 5) is 15.2. The zero-order valence-corrected chi connectivity index (χ0v) is 19.1. The maximum Gasteiger partial charge on any atom is 0.237 e. The monoisotopic (exact) mass is 451 g/mol. The van der Waals surface area contributed by atoms with Gasteiger partial charge in [-0.2, -0.15) is 0 Å². The van der Waals surface area contributed by atoms with Gasteiger partial charge in [-0.25, -0.2) is 0 Å². The topological polar surface area (TPSA) is 53.6 Å². The van der Waals surface area contributed by atoms with Gasteiger partial charge < -0.3 is 15.4 Å². The first-order valence-corrected chi connectivity index (χ1v) is 11.5. The second kappa shape index (κ2) is 10.9. The van der Waals surface area contributed by atoms with Crippen molar-refractivity contribution in [3.8, 4) is 0 Å². The van der Waals surface area contributed by atoms with Crippen LogP contribution >= 0.6 is 11.6 Å². The third-order valence-corrected chi connectivity index (χ3v) is 6.47. The average molecular weight is 452 g/mol. The van der Waals surface area contributed by atoms with Gasteiger partial charge >= 0.3 is 0 Å². The molecule has 5 nitrogen and oxygen atoms in total. The van der Waals surface area contributed by atoms with Crippen molar-refractivity contribution in [1.82, 2.24) is 15.5 Å². The van der Waals surface area contributed by atoms with Gasteiger partial charge in [0.15, 0.2) is 0 Å². The van der Waals surface area contributed by atoms with E-state index in [4.69, 9.17) is 16.3 Å². The minimum absolute atomic E-state index is 0.0450. The van der Waals surface area contributed by atoms with E-state index in [-0.39, 0.29) is 18.0 Å². The molecule has 2 atom stereocenters. The van der Waals surface area contributed by atoms with Crippen LogP contribution in [0, 0.1) is 0 Å². The van der Waals surface area contributed by atoms with E-state index in [1.54, 1.807) is 7.11 Å². The predicted octanol–water partition coefficient (Wildman–Crippen LogP) is 3.99. The molecule has 168 valence electrons. The molecule has 0 aromatic heterocycles. The van der Waals surface area contributed by atoms with Crippen molar-refractivity contribution in [2.75, 3.05) is 26.8 Å².